The van der Waals surface area contributed by atoms with Crippen LogP contribution < -0.4 is 20.3 Å². The third-order valence-corrected chi connectivity index (χ3v) is 5.41. The maximum atomic E-state index is 12.7. The molecule has 0 aliphatic carbocycles. The Morgan fingerprint density at radius 2 is 1.74 bits per heavy atom. The molecule has 0 saturated carbocycles. The van der Waals surface area contributed by atoms with Gasteiger partial charge >= 0.3 is 0 Å². The van der Waals surface area contributed by atoms with Crippen LogP contribution in [0.15, 0.2) is 54.6 Å². The Kier molecular flexibility index (Phi) is 7.28. The quantitative estimate of drug-likeness (QED) is 0.682. The molecule has 0 radical (unpaired) electrons. The third-order valence-electron chi connectivity index (χ3n) is 5.41. The summed E-state index contributed by atoms with van der Waals surface area (Å²) < 4.78 is 5.14. The maximum absolute atomic E-state index is 12.7. The molecule has 164 valence electrons. The predicted molar refractivity (Wildman–Crippen MR) is 119 cm³/mol. The molecule has 1 saturated heterocycles. The molecule has 2 aromatic carbocycles. The molecular weight excluding hydrogens is 394 g/mol. The lowest BCUT2D eigenvalue weighted by Crippen LogP contribution is -2.49. The number of nitrogens with one attached hydrogen (secondary N) is 2. The molecular formula is C24H29N3O4. The van der Waals surface area contributed by atoms with Gasteiger partial charge in [-0.2, -0.15) is 0 Å². The van der Waals surface area contributed by atoms with Gasteiger partial charge in [0.25, 0.3) is 0 Å². The van der Waals surface area contributed by atoms with Crippen molar-refractivity contribution in [3.8, 4) is 5.75 Å². The van der Waals surface area contributed by atoms with Crippen LogP contribution in [-0.4, -0.2) is 43.5 Å². The molecule has 2 aromatic rings. The van der Waals surface area contributed by atoms with Crippen molar-refractivity contribution >= 4 is 23.4 Å². The smallest absolute Gasteiger partial charge is 0.242 e. The van der Waals surface area contributed by atoms with Crippen LogP contribution in [0.1, 0.15) is 25.8 Å². The van der Waals surface area contributed by atoms with E-state index in [1.165, 1.54) is 0 Å². The largest absolute Gasteiger partial charge is 0.497 e. The van der Waals surface area contributed by atoms with E-state index in [4.69, 9.17) is 4.74 Å². The minimum atomic E-state index is -0.684. The molecule has 1 aliphatic rings. The zero-order valence-corrected chi connectivity index (χ0v) is 18.1. The van der Waals surface area contributed by atoms with Crippen LogP contribution in [0.2, 0.25) is 0 Å². The summed E-state index contributed by atoms with van der Waals surface area (Å²) in [6.07, 6.45) is 0.831. The zero-order chi connectivity index (χ0) is 22.4. The fraction of sp³-hybridized carbons (Fsp3) is 0.375. The molecule has 31 heavy (non-hydrogen) atoms. The topological polar surface area (TPSA) is 87.7 Å². The van der Waals surface area contributed by atoms with Crippen molar-refractivity contribution in [3.63, 3.8) is 0 Å². The first-order valence-corrected chi connectivity index (χ1v) is 10.5. The van der Waals surface area contributed by atoms with Crippen molar-refractivity contribution < 1.29 is 19.1 Å². The van der Waals surface area contributed by atoms with Crippen LogP contribution in [0, 0.1) is 5.92 Å². The van der Waals surface area contributed by atoms with Crippen LogP contribution in [-0.2, 0) is 20.8 Å². The summed E-state index contributed by atoms with van der Waals surface area (Å²) in [6.45, 7) is 3.87. The average molecular weight is 424 g/mol. The van der Waals surface area contributed by atoms with Crippen LogP contribution in [0.4, 0.5) is 5.69 Å². The number of ether oxygens (including phenoxy) is 1. The van der Waals surface area contributed by atoms with Gasteiger partial charge in [-0.3, -0.25) is 14.4 Å². The van der Waals surface area contributed by atoms with Crippen molar-refractivity contribution in [3.05, 3.63) is 60.2 Å². The first-order chi connectivity index (χ1) is 14.9. The van der Waals surface area contributed by atoms with Crippen LogP contribution >= 0.6 is 0 Å². The number of benzene rings is 2. The lowest BCUT2D eigenvalue weighted by Gasteiger charge is -2.20. The average Bonchev–Trinajstić information content (AvgIpc) is 3.16. The standard InChI is InChI=1S/C24H29N3O4/c1-16(13-18-7-5-4-6-8-18)25-23(29)17(2)26-24(30)19-14-22(28)27(15-19)20-9-11-21(31-3)12-10-20/h4-12,16-17,19H,13-15H2,1-3H3,(H,25,29)(H,26,30). The maximum Gasteiger partial charge on any atom is 0.242 e. The first kappa shape index (κ1) is 22.3. The summed E-state index contributed by atoms with van der Waals surface area (Å²) >= 11 is 0. The van der Waals surface area contributed by atoms with Crippen molar-refractivity contribution in [2.45, 2.75) is 38.8 Å². The number of carbonyl (C=O) groups excluding carboxylic acids is 3. The van der Waals surface area contributed by atoms with E-state index in [-0.39, 0.29) is 36.7 Å². The molecule has 1 heterocycles. The Labute approximate surface area is 182 Å². The lowest BCUT2D eigenvalue weighted by atomic mass is 10.1. The van der Waals surface area contributed by atoms with E-state index in [0.29, 0.717) is 12.2 Å². The van der Waals surface area contributed by atoms with Gasteiger partial charge in [0.2, 0.25) is 17.7 Å². The first-order valence-electron chi connectivity index (χ1n) is 10.5. The van der Waals surface area contributed by atoms with Crippen LogP contribution in [0.5, 0.6) is 5.75 Å². The molecule has 1 fully saturated rings. The monoisotopic (exact) mass is 423 g/mol. The number of anilines is 1. The summed E-state index contributed by atoms with van der Waals surface area (Å²) in [7, 11) is 1.58. The van der Waals surface area contributed by atoms with E-state index in [1.54, 1.807) is 43.2 Å². The summed E-state index contributed by atoms with van der Waals surface area (Å²) in [6, 6.07) is 16.3. The van der Waals surface area contributed by atoms with Gasteiger partial charge in [0.05, 0.1) is 13.0 Å². The highest BCUT2D eigenvalue weighted by atomic mass is 16.5. The van der Waals surface area contributed by atoms with Gasteiger partial charge < -0.3 is 20.3 Å². The van der Waals surface area contributed by atoms with Gasteiger partial charge in [-0.15, -0.1) is 0 Å². The van der Waals surface area contributed by atoms with Crippen molar-refractivity contribution in [1.82, 2.24) is 10.6 Å². The fourth-order valence-corrected chi connectivity index (χ4v) is 3.68. The Hall–Kier alpha value is -3.35. The van der Waals surface area contributed by atoms with Crippen molar-refractivity contribution in [1.29, 1.82) is 0 Å². The number of amides is 3. The van der Waals surface area contributed by atoms with Crippen LogP contribution in [0.3, 0.4) is 0 Å². The predicted octanol–water partition coefficient (Wildman–Crippen LogP) is 2.30. The van der Waals surface area contributed by atoms with E-state index >= 15 is 0 Å². The highest BCUT2D eigenvalue weighted by molar-refractivity contribution is 6.01. The van der Waals surface area contributed by atoms with Gasteiger partial charge in [0.15, 0.2) is 0 Å². The van der Waals surface area contributed by atoms with Gasteiger partial charge in [-0.05, 0) is 50.1 Å². The van der Waals surface area contributed by atoms with E-state index < -0.39 is 12.0 Å². The van der Waals surface area contributed by atoms with E-state index in [2.05, 4.69) is 10.6 Å². The lowest BCUT2D eigenvalue weighted by molar-refractivity contribution is -0.131. The molecule has 3 rings (SSSR count). The van der Waals surface area contributed by atoms with E-state index in [1.807, 2.05) is 37.3 Å². The number of hydrogen-bond acceptors (Lipinski definition) is 4. The third kappa shape index (κ3) is 5.84. The number of hydrogen-bond donors (Lipinski definition) is 2. The number of rotatable bonds is 8. The molecule has 3 amide bonds. The Balaban J connectivity index is 1.50. The van der Waals surface area contributed by atoms with Gasteiger partial charge in [-0.1, -0.05) is 30.3 Å². The zero-order valence-electron chi connectivity index (χ0n) is 18.1. The van der Waals surface area contributed by atoms with Gasteiger partial charge in [-0.25, -0.2) is 0 Å². The number of carbonyl (C=O) groups is 3. The summed E-state index contributed by atoms with van der Waals surface area (Å²) in [4.78, 5) is 39.2. The minimum Gasteiger partial charge on any atom is -0.497 e. The van der Waals surface area contributed by atoms with E-state index in [0.717, 1.165) is 11.3 Å². The molecule has 3 atom stereocenters. The Bertz CT molecular complexity index is 914. The Morgan fingerprint density at radius 1 is 1.06 bits per heavy atom. The van der Waals surface area contributed by atoms with Crippen molar-refractivity contribution in [2.75, 3.05) is 18.6 Å². The van der Waals surface area contributed by atoms with Crippen LogP contribution in [0.25, 0.3) is 0 Å². The van der Waals surface area contributed by atoms with Crippen molar-refractivity contribution in [2.24, 2.45) is 5.92 Å². The molecule has 7 nitrogen and oxygen atoms in total. The number of nitrogens with zero attached hydrogens (tertiary/aromatic N) is 1. The normalized spacial score (nSPS) is 17.7. The SMILES string of the molecule is COc1ccc(N2CC(C(=O)NC(C)C(=O)NC(C)Cc3ccccc3)CC2=O)cc1. The second-order valence-electron chi connectivity index (χ2n) is 7.93. The summed E-state index contributed by atoms with van der Waals surface area (Å²) in [5.74, 6) is -0.438. The summed E-state index contributed by atoms with van der Waals surface area (Å²) in [5.41, 5.74) is 1.86. The molecule has 1 aliphatic heterocycles. The number of methoxy groups -OCH3 is 1. The second kappa shape index (κ2) is 10.1. The second-order valence-corrected chi connectivity index (χ2v) is 7.93. The Morgan fingerprint density at radius 3 is 2.39 bits per heavy atom. The molecule has 7 heteroatoms. The highest BCUT2D eigenvalue weighted by Crippen LogP contribution is 2.27. The minimum absolute atomic E-state index is 0.0622. The molecule has 0 aromatic heterocycles. The molecule has 0 spiro atoms. The fourth-order valence-electron chi connectivity index (χ4n) is 3.68. The molecule has 0 bridgehead atoms. The van der Waals surface area contributed by atoms with E-state index in [9.17, 15) is 14.4 Å². The summed E-state index contributed by atoms with van der Waals surface area (Å²) in [5, 5.41) is 5.69. The van der Waals surface area contributed by atoms with Gasteiger partial charge in [0, 0.05) is 24.7 Å². The van der Waals surface area contributed by atoms with Gasteiger partial charge in [0.1, 0.15) is 11.8 Å². The highest BCUT2D eigenvalue weighted by Gasteiger charge is 2.36. The molecule has 2 N–H and O–H groups in total. The molecule has 3 unspecified atom stereocenters.